The van der Waals surface area contributed by atoms with Crippen LogP contribution >= 0.6 is 11.8 Å². The Hall–Kier alpha value is -1.63. The van der Waals surface area contributed by atoms with Crippen LogP contribution in [-0.4, -0.2) is 44.7 Å². The van der Waals surface area contributed by atoms with Gasteiger partial charge in [-0.3, -0.25) is 9.59 Å². The van der Waals surface area contributed by atoms with Gasteiger partial charge in [-0.05, 0) is 39.8 Å². The number of amides is 2. The minimum atomic E-state index is -0.110. The number of thioether (sulfide) groups is 1. The summed E-state index contributed by atoms with van der Waals surface area (Å²) in [5, 5.41) is 11.4. The number of nitrogens with zero attached hydrogens (tertiary/aromatic N) is 3. The molecular weight excluding hydrogens is 312 g/mol. The molecule has 1 N–H and O–H groups in total. The minimum Gasteiger partial charge on any atom is -0.337 e. The largest absolute Gasteiger partial charge is 0.337 e. The Morgan fingerprint density at radius 3 is 2.13 bits per heavy atom. The SMILES string of the molecule is CC(C)C(=O)Nc1ccc(SCC(=O)N(C(C)C)C(C)C)nn1. The van der Waals surface area contributed by atoms with Crippen LogP contribution in [0.4, 0.5) is 5.82 Å². The maximum atomic E-state index is 12.3. The van der Waals surface area contributed by atoms with Crippen LogP contribution in [0.3, 0.4) is 0 Å². The lowest BCUT2D eigenvalue weighted by Gasteiger charge is -2.30. The maximum absolute atomic E-state index is 12.3. The van der Waals surface area contributed by atoms with E-state index >= 15 is 0 Å². The van der Waals surface area contributed by atoms with Crippen molar-refractivity contribution in [3.8, 4) is 0 Å². The summed E-state index contributed by atoms with van der Waals surface area (Å²) in [6, 6.07) is 3.80. The molecule has 0 unspecified atom stereocenters. The number of carbonyl (C=O) groups is 2. The Morgan fingerprint density at radius 2 is 1.70 bits per heavy atom. The van der Waals surface area contributed by atoms with E-state index in [1.54, 1.807) is 12.1 Å². The van der Waals surface area contributed by atoms with Gasteiger partial charge in [0, 0.05) is 18.0 Å². The number of rotatable bonds is 7. The van der Waals surface area contributed by atoms with Crippen LogP contribution in [0.5, 0.6) is 0 Å². The highest BCUT2D eigenvalue weighted by Crippen LogP contribution is 2.18. The highest BCUT2D eigenvalue weighted by Gasteiger charge is 2.20. The summed E-state index contributed by atoms with van der Waals surface area (Å²) in [4.78, 5) is 25.7. The summed E-state index contributed by atoms with van der Waals surface area (Å²) in [5.74, 6) is 0.619. The van der Waals surface area contributed by atoms with Crippen molar-refractivity contribution in [2.75, 3.05) is 11.1 Å². The molecular formula is C16H26N4O2S. The molecule has 0 aliphatic heterocycles. The molecule has 0 radical (unpaired) electrons. The van der Waals surface area contributed by atoms with Gasteiger partial charge in [-0.25, -0.2) is 0 Å². The zero-order chi connectivity index (χ0) is 17.6. The van der Waals surface area contributed by atoms with E-state index in [4.69, 9.17) is 0 Å². The predicted octanol–water partition coefficient (Wildman–Crippen LogP) is 2.81. The third kappa shape index (κ3) is 6.17. The zero-order valence-electron chi connectivity index (χ0n) is 14.7. The lowest BCUT2D eigenvalue weighted by molar-refractivity contribution is -0.131. The van der Waals surface area contributed by atoms with Crippen molar-refractivity contribution in [1.82, 2.24) is 15.1 Å². The molecule has 0 fully saturated rings. The molecule has 1 aromatic heterocycles. The van der Waals surface area contributed by atoms with Crippen molar-refractivity contribution in [3.63, 3.8) is 0 Å². The second kappa shape index (κ2) is 8.86. The van der Waals surface area contributed by atoms with E-state index in [0.717, 1.165) is 0 Å². The fourth-order valence-electron chi connectivity index (χ4n) is 2.12. The molecule has 0 aliphatic rings. The molecule has 0 atom stereocenters. The highest BCUT2D eigenvalue weighted by atomic mass is 32.2. The first-order valence-corrected chi connectivity index (χ1v) is 8.79. The molecule has 0 spiro atoms. The Labute approximate surface area is 142 Å². The van der Waals surface area contributed by atoms with Gasteiger partial charge in [0.2, 0.25) is 11.8 Å². The molecule has 23 heavy (non-hydrogen) atoms. The normalized spacial score (nSPS) is 11.2. The van der Waals surface area contributed by atoms with E-state index < -0.39 is 0 Å². The van der Waals surface area contributed by atoms with Gasteiger partial charge in [-0.2, -0.15) is 0 Å². The average molecular weight is 338 g/mol. The fraction of sp³-hybridized carbons (Fsp3) is 0.625. The van der Waals surface area contributed by atoms with Crippen molar-refractivity contribution in [1.29, 1.82) is 0 Å². The lowest BCUT2D eigenvalue weighted by atomic mass is 10.2. The summed E-state index contributed by atoms with van der Waals surface area (Å²) in [6.07, 6.45) is 0. The fourth-order valence-corrected chi connectivity index (χ4v) is 2.80. The monoisotopic (exact) mass is 338 g/mol. The molecule has 0 bridgehead atoms. The van der Waals surface area contributed by atoms with E-state index in [1.807, 2.05) is 46.4 Å². The molecule has 0 saturated heterocycles. The first kappa shape index (κ1) is 19.4. The second-order valence-corrected chi connectivity index (χ2v) is 7.17. The van der Waals surface area contributed by atoms with Gasteiger partial charge in [0.05, 0.1) is 5.75 Å². The van der Waals surface area contributed by atoms with E-state index in [2.05, 4.69) is 15.5 Å². The number of hydrogen-bond donors (Lipinski definition) is 1. The molecule has 0 saturated carbocycles. The van der Waals surface area contributed by atoms with E-state index in [-0.39, 0.29) is 29.8 Å². The van der Waals surface area contributed by atoms with Crippen molar-refractivity contribution < 1.29 is 9.59 Å². The highest BCUT2D eigenvalue weighted by molar-refractivity contribution is 7.99. The number of carbonyl (C=O) groups excluding carboxylic acids is 2. The molecule has 6 nitrogen and oxygen atoms in total. The first-order chi connectivity index (χ1) is 10.7. The molecule has 1 heterocycles. The number of aromatic nitrogens is 2. The summed E-state index contributed by atoms with van der Waals surface area (Å²) < 4.78 is 0. The molecule has 2 amide bonds. The van der Waals surface area contributed by atoms with Gasteiger partial charge in [0.15, 0.2) is 5.82 Å². The van der Waals surface area contributed by atoms with E-state index in [9.17, 15) is 9.59 Å². The third-order valence-electron chi connectivity index (χ3n) is 3.16. The maximum Gasteiger partial charge on any atom is 0.233 e. The molecule has 1 aromatic rings. The molecule has 0 aromatic carbocycles. The molecule has 1 rings (SSSR count). The lowest BCUT2D eigenvalue weighted by Crippen LogP contribution is -2.43. The molecule has 0 aliphatic carbocycles. The first-order valence-electron chi connectivity index (χ1n) is 7.81. The minimum absolute atomic E-state index is 0.0824. The van der Waals surface area contributed by atoms with Crippen LogP contribution in [0.25, 0.3) is 0 Å². The van der Waals surface area contributed by atoms with Crippen molar-refractivity contribution in [2.45, 2.75) is 58.7 Å². The molecule has 128 valence electrons. The van der Waals surface area contributed by atoms with Crippen LogP contribution in [0, 0.1) is 5.92 Å². The Bertz CT molecular complexity index is 521. The van der Waals surface area contributed by atoms with Crippen LogP contribution < -0.4 is 5.32 Å². The summed E-state index contributed by atoms with van der Waals surface area (Å²) in [7, 11) is 0. The van der Waals surface area contributed by atoms with Crippen molar-refractivity contribution in [2.24, 2.45) is 5.92 Å². The Morgan fingerprint density at radius 1 is 1.09 bits per heavy atom. The van der Waals surface area contributed by atoms with Gasteiger partial charge in [-0.1, -0.05) is 25.6 Å². The second-order valence-electron chi connectivity index (χ2n) is 6.18. The average Bonchev–Trinajstić information content (AvgIpc) is 2.45. The van der Waals surface area contributed by atoms with Crippen molar-refractivity contribution >= 4 is 29.4 Å². The van der Waals surface area contributed by atoms with Gasteiger partial charge in [0.1, 0.15) is 5.03 Å². The summed E-state index contributed by atoms with van der Waals surface area (Å²) in [6.45, 7) is 11.7. The third-order valence-corrected chi connectivity index (χ3v) is 4.06. The van der Waals surface area contributed by atoms with Crippen molar-refractivity contribution in [3.05, 3.63) is 12.1 Å². The van der Waals surface area contributed by atoms with E-state index in [0.29, 0.717) is 16.6 Å². The summed E-state index contributed by atoms with van der Waals surface area (Å²) >= 11 is 1.35. The number of hydrogen-bond acceptors (Lipinski definition) is 5. The number of anilines is 1. The quantitative estimate of drug-likeness (QED) is 0.774. The Kier molecular flexibility index (Phi) is 7.48. The van der Waals surface area contributed by atoms with Gasteiger partial charge in [0.25, 0.3) is 0 Å². The zero-order valence-corrected chi connectivity index (χ0v) is 15.5. The van der Waals surface area contributed by atoms with Crippen LogP contribution in [0.1, 0.15) is 41.5 Å². The topological polar surface area (TPSA) is 75.2 Å². The van der Waals surface area contributed by atoms with Crippen LogP contribution in [0.15, 0.2) is 17.2 Å². The smallest absolute Gasteiger partial charge is 0.233 e. The standard InChI is InChI=1S/C16H26N4O2S/c1-10(2)16(22)17-13-7-8-14(19-18-13)23-9-15(21)20(11(3)4)12(5)6/h7-8,10-12H,9H2,1-6H3,(H,17,18,22). The van der Waals surface area contributed by atoms with Gasteiger partial charge < -0.3 is 10.2 Å². The Balaban J connectivity index is 2.59. The van der Waals surface area contributed by atoms with E-state index in [1.165, 1.54) is 11.8 Å². The predicted molar refractivity (Wildman–Crippen MR) is 93.3 cm³/mol. The summed E-state index contributed by atoms with van der Waals surface area (Å²) in [5.41, 5.74) is 0. The number of nitrogens with one attached hydrogen (secondary N) is 1. The van der Waals surface area contributed by atoms with Crippen LogP contribution in [-0.2, 0) is 9.59 Å². The molecule has 7 heteroatoms. The van der Waals surface area contributed by atoms with Gasteiger partial charge >= 0.3 is 0 Å². The van der Waals surface area contributed by atoms with Crippen LogP contribution in [0.2, 0.25) is 0 Å². The van der Waals surface area contributed by atoms with Gasteiger partial charge in [-0.15, -0.1) is 10.2 Å².